The lowest BCUT2D eigenvalue weighted by Crippen LogP contribution is -2.00. The lowest BCUT2D eigenvalue weighted by atomic mass is 10.2. The van der Waals surface area contributed by atoms with Crippen LogP contribution >= 0.6 is 23.2 Å². The minimum atomic E-state index is 0.0612. The lowest BCUT2D eigenvalue weighted by Gasteiger charge is -2.09. The van der Waals surface area contributed by atoms with Crippen molar-refractivity contribution in [2.45, 2.75) is 6.54 Å². The van der Waals surface area contributed by atoms with Gasteiger partial charge in [-0.1, -0.05) is 35.3 Å². The molecule has 0 fully saturated rings. The Morgan fingerprint density at radius 3 is 2.68 bits per heavy atom. The molecular weight excluding hydrogens is 283 g/mol. The third-order valence-electron chi connectivity index (χ3n) is 2.64. The molecule has 0 aliphatic heterocycles. The number of phenolic OH excluding ortho intramolecular Hbond substituents is 1. The van der Waals surface area contributed by atoms with Gasteiger partial charge in [0.2, 0.25) is 0 Å². The van der Waals surface area contributed by atoms with E-state index in [0.29, 0.717) is 27.7 Å². The van der Waals surface area contributed by atoms with Crippen molar-refractivity contribution in [2.24, 2.45) is 0 Å². The number of anilines is 1. The lowest BCUT2D eigenvalue weighted by molar-refractivity contribution is 0.469. The number of aromatic hydroxyl groups is 1. The van der Waals surface area contributed by atoms with Crippen LogP contribution in [-0.4, -0.2) is 5.11 Å². The topological polar surface area (TPSA) is 56.0 Å². The second kappa shape index (κ2) is 5.83. The Hall–Kier alpha value is -1.89. The van der Waals surface area contributed by atoms with Crippen molar-refractivity contribution in [2.75, 3.05) is 5.32 Å². The zero-order valence-electron chi connectivity index (χ0n) is 9.82. The van der Waals surface area contributed by atoms with Crippen molar-refractivity contribution < 1.29 is 5.11 Å². The van der Waals surface area contributed by atoms with Crippen molar-refractivity contribution in [3.63, 3.8) is 0 Å². The summed E-state index contributed by atoms with van der Waals surface area (Å²) in [7, 11) is 0. The number of phenols is 1. The van der Waals surface area contributed by atoms with Crippen LogP contribution in [0, 0.1) is 11.3 Å². The fraction of sp³-hybridized carbons (Fsp3) is 0.0714. The van der Waals surface area contributed by atoms with E-state index in [1.54, 1.807) is 36.4 Å². The highest BCUT2D eigenvalue weighted by molar-refractivity contribution is 6.32. The maximum atomic E-state index is 9.78. The van der Waals surface area contributed by atoms with Gasteiger partial charge in [0.1, 0.15) is 11.8 Å². The van der Waals surface area contributed by atoms with Gasteiger partial charge in [-0.2, -0.15) is 5.26 Å². The fourth-order valence-corrected chi connectivity index (χ4v) is 1.97. The largest absolute Gasteiger partial charge is 0.506 e. The highest BCUT2D eigenvalue weighted by Gasteiger charge is 2.05. The molecule has 0 unspecified atom stereocenters. The number of halogens is 2. The molecule has 0 aliphatic carbocycles. The van der Waals surface area contributed by atoms with Crippen molar-refractivity contribution in [1.82, 2.24) is 0 Å². The van der Waals surface area contributed by atoms with Crippen LogP contribution in [0.1, 0.15) is 11.1 Å². The molecular formula is C14H10Cl2N2O. The van der Waals surface area contributed by atoms with Gasteiger partial charge in [0, 0.05) is 17.8 Å². The third-order valence-corrected chi connectivity index (χ3v) is 3.27. The number of hydrogen-bond donors (Lipinski definition) is 2. The average Bonchev–Trinajstić information content (AvgIpc) is 2.42. The summed E-state index contributed by atoms with van der Waals surface area (Å²) in [5, 5.41) is 22.5. The van der Waals surface area contributed by atoms with Crippen LogP contribution in [-0.2, 0) is 6.54 Å². The summed E-state index contributed by atoms with van der Waals surface area (Å²) in [6, 6.07) is 12.3. The van der Waals surface area contributed by atoms with Crippen molar-refractivity contribution >= 4 is 28.9 Å². The minimum absolute atomic E-state index is 0.0612. The number of para-hydroxylation sites is 1. The Balaban J connectivity index is 2.15. The maximum Gasteiger partial charge on any atom is 0.139 e. The van der Waals surface area contributed by atoms with Crippen LogP contribution in [0.4, 0.5) is 5.69 Å². The summed E-state index contributed by atoms with van der Waals surface area (Å²) in [5.74, 6) is 0.0612. The maximum absolute atomic E-state index is 9.78. The van der Waals surface area contributed by atoms with Gasteiger partial charge in [-0.05, 0) is 24.3 Å². The number of benzene rings is 2. The van der Waals surface area contributed by atoms with Crippen LogP contribution in [0.5, 0.6) is 5.75 Å². The van der Waals surface area contributed by atoms with Gasteiger partial charge in [-0.25, -0.2) is 0 Å². The molecule has 2 aromatic rings. The molecule has 0 heterocycles. The molecule has 2 aromatic carbocycles. The summed E-state index contributed by atoms with van der Waals surface area (Å²) in [6.45, 7) is 0.402. The average molecular weight is 293 g/mol. The monoisotopic (exact) mass is 292 g/mol. The van der Waals surface area contributed by atoms with Gasteiger partial charge < -0.3 is 10.4 Å². The van der Waals surface area contributed by atoms with Gasteiger partial charge in [0.25, 0.3) is 0 Å². The first-order chi connectivity index (χ1) is 9.11. The molecule has 0 aliphatic rings. The first kappa shape index (κ1) is 13.5. The molecule has 0 radical (unpaired) electrons. The van der Waals surface area contributed by atoms with E-state index >= 15 is 0 Å². The highest BCUT2D eigenvalue weighted by Crippen LogP contribution is 2.28. The number of nitrogens with zero attached hydrogens (tertiary/aromatic N) is 1. The third kappa shape index (κ3) is 3.11. The minimum Gasteiger partial charge on any atom is -0.506 e. The summed E-state index contributed by atoms with van der Waals surface area (Å²) in [4.78, 5) is 0. The van der Waals surface area contributed by atoms with Crippen LogP contribution in [0.25, 0.3) is 0 Å². The van der Waals surface area contributed by atoms with E-state index in [0.717, 1.165) is 5.69 Å². The molecule has 2 rings (SSSR count). The molecule has 0 aromatic heterocycles. The van der Waals surface area contributed by atoms with Gasteiger partial charge in [-0.15, -0.1) is 0 Å². The highest BCUT2D eigenvalue weighted by atomic mass is 35.5. The van der Waals surface area contributed by atoms with E-state index in [2.05, 4.69) is 5.32 Å². The van der Waals surface area contributed by atoms with Gasteiger partial charge >= 0.3 is 0 Å². The molecule has 0 amide bonds. The normalized spacial score (nSPS) is 9.95. The SMILES string of the molecule is N#Cc1cc(NCc2cccc(Cl)c2O)ccc1Cl. The number of nitriles is 1. The van der Waals surface area contributed by atoms with Crippen molar-refractivity contribution in [3.05, 3.63) is 57.6 Å². The molecule has 96 valence electrons. The standard InChI is InChI=1S/C14H10Cl2N2O/c15-12-5-4-11(6-10(12)7-17)18-8-9-2-1-3-13(16)14(9)19/h1-6,18-19H,8H2. The van der Waals surface area contributed by atoms with Gasteiger partial charge in [-0.3, -0.25) is 0 Å². The predicted molar refractivity (Wildman–Crippen MR) is 76.6 cm³/mol. The smallest absolute Gasteiger partial charge is 0.139 e. The van der Waals surface area contributed by atoms with Gasteiger partial charge in [0.05, 0.1) is 15.6 Å². The van der Waals surface area contributed by atoms with E-state index in [1.807, 2.05) is 6.07 Å². The molecule has 5 heteroatoms. The number of hydrogen-bond acceptors (Lipinski definition) is 3. The Bertz CT molecular complexity index is 650. The first-order valence-corrected chi connectivity index (χ1v) is 6.27. The predicted octanol–water partition coefficient (Wildman–Crippen LogP) is 4.18. The molecule has 0 saturated heterocycles. The van der Waals surface area contributed by atoms with E-state index in [-0.39, 0.29) is 5.75 Å². The van der Waals surface area contributed by atoms with Crippen LogP contribution < -0.4 is 5.32 Å². The zero-order chi connectivity index (χ0) is 13.8. The summed E-state index contributed by atoms with van der Waals surface area (Å²) < 4.78 is 0. The summed E-state index contributed by atoms with van der Waals surface area (Å²) >= 11 is 11.7. The van der Waals surface area contributed by atoms with E-state index in [1.165, 1.54) is 0 Å². The molecule has 2 N–H and O–H groups in total. The Morgan fingerprint density at radius 1 is 1.16 bits per heavy atom. The van der Waals surface area contributed by atoms with Crippen LogP contribution in [0.15, 0.2) is 36.4 Å². The quantitative estimate of drug-likeness (QED) is 0.892. The summed E-state index contributed by atoms with van der Waals surface area (Å²) in [6.07, 6.45) is 0. The number of rotatable bonds is 3. The Labute approximate surface area is 121 Å². The zero-order valence-corrected chi connectivity index (χ0v) is 11.3. The molecule has 19 heavy (non-hydrogen) atoms. The van der Waals surface area contributed by atoms with Gasteiger partial charge in [0.15, 0.2) is 0 Å². The van der Waals surface area contributed by atoms with E-state index in [9.17, 15) is 5.11 Å². The summed E-state index contributed by atoms with van der Waals surface area (Å²) in [5.41, 5.74) is 1.84. The van der Waals surface area contributed by atoms with E-state index < -0.39 is 0 Å². The second-order valence-electron chi connectivity index (χ2n) is 3.91. The first-order valence-electron chi connectivity index (χ1n) is 5.51. The molecule has 0 spiro atoms. The van der Waals surface area contributed by atoms with E-state index in [4.69, 9.17) is 28.5 Å². The Kier molecular flexibility index (Phi) is 4.16. The Morgan fingerprint density at radius 2 is 1.95 bits per heavy atom. The molecule has 3 nitrogen and oxygen atoms in total. The fourth-order valence-electron chi connectivity index (χ4n) is 1.62. The van der Waals surface area contributed by atoms with Crippen LogP contribution in [0.2, 0.25) is 10.0 Å². The molecule has 0 bridgehead atoms. The molecule has 0 saturated carbocycles. The van der Waals surface area contributed by atoms with Crippen molar-refractivity contribution in [3.8, 4) is 11.8 Å². The van der Waals surface area contributed by atoms with Crippen molar-refractivity contribution in [1.29, 1.82) is 5.26 Å². The molecule has 0 atom stereocenters. The number of nitrogens with one attached hydrogen (secondary N) is 1. The van der Waals surface area contributed by atoms with Crippen LogP contribution in [0.3, 0.4) is 0 Å². The second-order valence-corrected chi connectivity index (χ2v) is 4.72.